The molecule has 2 rings (SSSR count). The molecule has 0 fully saturated rings. The fourth-order valence-corrected chi connectivity index (χ4v) is 3.56. The van der Waals surface area contributed by atoms with E-state index in [1.807, 2.05) is 11.8 Å². The monoisotopic (exact) mass is 251 g/mol. The molecule has 2 aromatic rings. The SMILES string of the molecule is CCSc1nc2ccc(C(C)(C)C)cc2s1. The Balaban J connectivity index is 2.46. The molecule has 1 aromatic carbocycles. The van der Waals surface area contributed by atoms with Crippen LogP contribution >= 0.6 is 23.1 Å². The van der Waals surface area contributed by atoms with Crippen molar-refractivity contribution in [1.82, 2.24) is 4.98 Å². The van der Waals surface area contributed by atoms with Crippen LogP contribution in [0.3, 0.4) is 0 Å². The summed E-state index contributed by atoms with van der Waals surface area (Å²) in [6, 6.07) is 6.63. The molecule has 0 N–H and O–H groups in total. The van der Waals surface area contributed by atoms with Crippen LogP contribution in [0.2, 0.25) is 0 Å². The van der Waals surface area contributed by atoms with Crippen LogP contribution in [0, 0.1) is 0 Å². The summed E-state index contributed by atoms with van der Waals surface area (Å²) in [5.41, 5.74) is 2.74. The van der Waals surface area contributed by atoms with Gasteiger partial charge in [0, 0.05) is 0 Å². The Morgan fingerprint density at radius 1 is 1.31 bits per heavy atom. The van der Waals surface area contributed by atoms with Gasteiger partial charge >= 0.3 is 0 Å². The molecule has 0 bridgehead atoms. The number of fused-ring (bicyclic) bond motifs is 1. The highest BCUT2D eigenvalue weighted by molar-refractivity contribution is 8.01. The Labute approximate surface area is 105 Å². The summed E-state index contributed by atoms with van der Waals surface area (Å²) in [6.45, 7) is 8.90. The molecule has 0 aliphatic heterocycles. The molecule has 0 amide bonds. The van der Waals surface area contributed by atoms with Crippen molar-refractivity contribution in [2.75, 3.05) is 5.75 Å². The van der Waals surface area contributed by atoms with Gasteiger partial charge in [0.2, 0.25) is 0 Å². The van der Waals surface area contributed by atoms with Crippen molar-refractivity contribution in [3.63, 3.8) is 0 Å². The summed E-state index contributed by atoms with van der Waals surface area (Å²) in [5, 5.41) is 0. The average molecular weight is 251 g/mol. The number of thioether (sulfide) groups is 1. The number of rotatable bonds is 2. The molecular formula is C13H17NS2. The molecule has 0 spiro atoms. The molecule has 1 aromatic heterocycles. The van der Waals surface area contributed by atoms with Crippen LogP contribution in [0.5, 0.6) is 0 Å². The van der Waals surface area contributed by atoms with Crippen LogP contribution in [-0.4, -0.2) is 10.7 Å². The summed E-state index contributed by atoms with van der Waals surface area (Å²) >= 11 is 3.63. The molecule has 0 radical (unpaired) electrons. The van der Waals surface area contributed by atoms with Gasteiger partial charge in [-0.3, -0.25) is 0 Å². The van der Waals surface area contributed by atoms with Crippen LogP contribution in [0.25, 0.3) is 10.2 Å². The van der Waals surface area contributed by atoms with E-state index < -0.39 is 0 Å². The Morgan fingerprint density at radius 3 is 2.69 bits per heavy atom. The third-order valence-electron chi connectivity index (χ3n) is 2.50. The molecule has 0 saturated carbocycles. The van der Waals surface area contributed by atoms with Gasteiger partial charge < -0.3 is 0 Å². The normalized spacial score (nSPS) is 12.2. The first-order chi connectivity index (χ1) is 7.50. The first-order valence-corrected chi connectivity index (χ1v) is 7.35. The summed E-state index contributed by atoms with van der Waals surface area (Å²) < 4.78 is 2.49. The molecule has 3 heteroatoms. The van der Waals surface area contributed by atoms with E-state index in [0.717, 1.165) is 11.3 Å². The molecule has 16 heavy (non-hydrogen) atoms. The van der Waals surface area contributed by atoms with Crippen LogP contribution in [0.1, 0.15) is 33.3 Å². The minimum atomic E-state index is 0.218. The molecule has 0 atom stereocenters. The number of thiazole rings is 1. The quantitative estimate of drug-likeness (QED) is 0.717. The van der Waals surface area contributed by atoms with Gasteiger partial charge in [-0.15, -0.1) is 11.3 Å². The van der Waals surface area contributed by atoms with Crippen molar-refractivity contribution in [3.8, 4) is 0 Å². The largest absolute Gasteiger partial charge is 0.230 e. The predicted octanol–water partition coefficient (Wildman–Crippen LogP) is 4.71. The van der Waals surface area contributed by atoms with E-state index in [4.69, 9.17) is 0 Å². The lowest BCUT2D eigenvalue weighted by Crippen LogP contribution is -2.10. The van der Waals surface area contributed by atoms with E-state index in [1.165, 1.54) is 14.6 Å². The van der Waals surface area contributed by atoms with Gasteiger partial charge in [-0.25, -0.2) is 4.98 Å². The smallest absolute Gasteiger partial charge is 0.151 e. The first-order valence-electron chi connectivity index (χ1n) is 5.54. The minimum Gasteiger partial charge on any atom is -0.230 e. The Bertz CT molecular complexity index is 494. The first kappa shape index (κ1) is 11.9. The predicted molar refractivity (Wildman–Crippen MR) is 74.7 cm³/mol. The van der Waals surface area contributed by atoms with Crippen molar-refractivity contribution >= 4 is 33.3 Å². The number of hydrogen-bond donors (Lipinski definition) is 0. The maximum atomic E-state index is 4.61. The zero-order chi connectivity index (χ0) is 11.8. The summed E-state index contributed by atoms with van der Waals surface area (Å²) in [5.74, 6) is 1.09. The Hall–Kier alpha value is -0.540. The Morgan fingerprint density at radius 2 is 2.06 bits per heavy atom. The highest BCUT2D eigenvalue weighted by Gasteiger charge is 2.14. The van der Waals surface area contributed by atoms with Crippen LogP contribution in [0.15, 0.2) is 22.5 Å². The second-order valence-electron chi connectivity index (χ2n) is 4.85. The van der Waals surface area contributed by atoms with Crippen molar-refractivity contribution in [2.45, 2.75) is 37.4 Å². The van der Waals surface area contributed by atoms with Crippen molar-refractivity contribution in [3.05, 3.63) is 23.8 Å². The fraction of sp³-hybridized carbons (Fsp3) is 0.462. The second kappa shape index (κ2) is 4.38. The fourth-order valence-electron chi connectivity index (χ4n) is 1.56. The molecule has 1 heterocycles. The minimum absolute atomic E-state index is 0.218. The maximum Gasteiger partial charge on any atom is 0.151 e. The van der Waals surface area contributed by atoms with Crippen molar-refractivity contribution in [1.29, 1.82) is 0 Å². The van der Waals surface area contributed by atoms with E-state index in [1.54, 1.807) is 11.3 Å². The summed E-state index contributed by atoms with van der Waals surface area (Å²) in [7, 11) is 0. The van der Waals surface area contributed by atoms with Gasteiger partial charge in [-0.05, 0) is 28.9 Å². The highest BCUT2D eigenvalue weighted by atomic mass is 32.2. The van der Waals surface area contributed by atoms with Gasteiger partial charge in [-0.2, -0.15) is 0 Å². The third kappa shape index (κ3) is 2.41. The van der Waals surface area contributed by atoms with E-state index >= 15 is 0 Å². The number of benzene rings is 1. The molecule has 0 aliphatic rings. The summed E-state index contributed by atoms with van der Waals surface area (Å²) in [6.07, 6.45) is 0. The number of hydrogen-bond acceptors (Lipinski definition) is 3. The standard InChI is InChI=1S/C13H17NS2/c1-5-15-12-14-10-7-6-9(13(2,3)4)8-11(10)16-12/h6-8H,5H2,1-4H3. The zero-order valence-electron chi connectivity index (χ0n) is 10.2. The lowest BCUT2D eigenvalue weighted by molar-refractivity contribution is 0.591. The lowest BCUT2D eigenvalue weighted by Gasteiger charge is -2.18. The van der Waals surface area contributed by atoms with Gasteiger partial charge in [0.25, 0.3) is 0 Å². The van der Waals surface area contributed by atoms with Gasteiger partial charge in [0.15, 0.2) is 4.34 Å². The third-order valence-corrected chi connectivity index (χ3v) is 4.55. The number of nitrogens with zero attached hydrogens (tertiary/aromatic N) is 1. The summed E-state index contributed by atoms with van der Waals surface area (Å²) in [4.78, 5) is 4.61. The van der Waals surface area contributed by atoms with E-state index in [9.17, 15) is 0 Å². The second-order valence-corrected chi connectivity index (χ2v) is 7.39. The zero-order valence-corrected chi connectivity index (χ0v) is 11.8. The molecule has 1 nitrogen and oxygen atoms in total. The van der Waals surface area contributed by atoms with Crippen molar-refractivity contribution < 1.29 is 0 Å². The van der Waals surface area contributed by atoms with E-state index in [-0.39, 0.29) is 5.41 Å². The average Bonchev–Trinajstić information content (AvgIpc) is 2.57. The van der Waals surface area contributed by atoms with Crippen molar-refractivity contribution in [2.24, 2.45) is 0 Å². The Kier molecular flexibility index (Phi) is 3.27. The van der Waals surface area contributed by atoms with E-state index in [0.29, 0.717) is 0 Å². The van der Waals surface area contributed by atoms with Gasteiger partial charge in [0.1, 0.15) is 0 Å². The van der Waals surface area contributed by atoms with Crippen LogP contribution < -0.4 is 0 Å². The van der Waals surface area contributed by atoms with Crippen LogP contribution in [-0.2, 0) is 5.41 Å². The van der Waals surface area contributed by atoms with Gasteiger partial charge in [-0.1, -0.05) is 45.5 Å². The topological polar surface area (TPSA) is 12.9 Å². The maximum absolute atomic E-state index is 4.61. The molecular weight excluding hydrogens is 234 g/mol. The van der Waals surface area contributed by atoms with Gasteiger partial charge in [0.05, 0.1) is 10.2 Å². The van der Waals surface area contributed by atoms with E-state index in [2.05, 4.69) is 50.9 Å². The molecule has 0 aliphatic carbocycles. The number of aromatic nitrogens is 1. The highest BCUT2D eigenvalue weighted by Crippen LogP contribution is 2.32. The molecule has 86 valence electrons. The van der Waals surface area contributed by atoms with Crippen LogP contribution in [0.4, 0.5) is 0 Å². The molecule has 0 saturated heterocycles. The molecule has 0 unspecified atom stereocenters. The lowest BCUT2D eigenvalue weighted by atomic mass is 9.87.